The van der Waals surface area contributed by atoms with E-state index < -0.39 is 0 Å². The molecule has 2 aromatic rings. The lowest BCUT2D eigenvalue weighted by molar-refractivity contribution is 0.285. The summed E-state index contributed by atoms with van der Waals surface area (Å²) >= 11 is 0. The third-order valence-corrected chi connectivity index (χ3v) is 3.88. The van der Waals surface area contributed by atoms with Crippen LogP contribution in [0.1, 0.15) is 18.9 Å². The largest absolute Gasteiger partial charge is 0.354 e. The highest BCUT2D eigenvalue weighted by Crippen LogP contribution is 2.13. The summed E-state index contributed by atoms with van der Waals surface area (Å²) in [5.74, 6) is 0.984. The molecule has 1 aliphatic heterocycles. The Labute approximate surface area is 125 Å². The Kier molecular flexibility index (Phi) is 4.45. The molecule has 3 rings (SSSR count). The van der Waals surface area contributed by atoms with Gasteiger partial charge in [-0.2, -0.15) is 5.10 Å². The van der Waals surface area contributed by atoms with Crippen LogP contribution in [0.2, 0.25) is 0 Å². The molecule has 6 nitrogen and oxygen atoms in total. The van der Waals surface area contributed by atoms with Crippen LogP contribution in [0.4, 0.5) is 5.82 Å². The van der Waals surface area contributed by atoms with Crippen LogP contribution >= 0.6 is 0 Å². The Morgan fingerprint density at radius 2 is 2.05 bits per heavy atom. The molecule has 2 aromatic heterocycles. The first kappa shape index (κ1) is 14.0. The van der Waals surface area contributed by atoms with Crippen LogP contribution in [-0.4, -0.2) is 50.8 Å². The maximum atomic E-state index is 4.40. The molecule has 0 atom stereocenters. The number of anilines is 1. The van der Waals surface area contributed by atoms with Crippen molar-refractivity contribution >= 4 is 5.82 Å². The summed E-state index contributed by atoms with van der Waals surface area (Å²) in [5, 5.41) is 4.35. The lowest BCUT2D eigenvalue weighted by atomic mass is 10.3. The Morgan fingerprint density at radius 3 is 2.81 bits per heavy atom. The number of hydrogen-bond acceptors (Lipinski definition) is 5. The van der Waals surface area contributed by atoms with Crippen molar-refractivity contribution in [1.82, 2.24) is 24.6 Å². The lowest BCUT2D eigenvalue weighted by Crippen LogP contribution is -2.30. The Bertz CT molecular complexity index is 552. The SMILES string of the molecule is CCn1cc(CN2CCCN(c3cnccn3)CC2)cn1. The van der Waals surface area contributed by atoms with Crippen molar-refractivity contribution in [3.63, 3.8) is 0 Å². The molecule has 0 N–H and O–H groups in total. The first-order chi connectivity index (χ1) is 10.3. The van der Waals surface area contributed by atoms with Gasteiger partial charge in [-0.05, 0) is 13.3 Å². The van der Waals surface area contributed by atoms with Gasteiger partial charge in [0.05, 0.1) is 12.4 Å². The zero-order valence-electron chi connectivity index (χ0n) is 12.5. The van der Waals surface area contributed by atoms with Crippen molar-refractivity contribution < 1.29 is 0 Å². The fourth-order valence-corrected chi connectivity index (χ4v) is 2.73. The molecule has 1 fully saturated rings. The van der Waals surface area contributed by atoms with E-state index in [4.69, 9.17) is 0 Å². The second kappa shape index (κ2) is 6.67. The molecule has 3 heterocycles. The normalized spacial score (nSPS) is 16.9. The van der Waals surface area contributed by atoms with Gasteiger partial charge in [0.2, 0.25) is 0 Å². The van der Waals surface area contributed by atoms with Gasteiger partial charge in [-0.1, -0.05) is 0 Å². The van der Waals surface area contributed by atoms with Gasteiger partial charge in [0.25, 0.3) is 0 Å². The Hall–Kier alpha value is -1.95. The molecule has 0 bridgehead atoms. The van der Waals surface area contributed by atoms with E-state index in [2.05, 4.69) is 38.0 Å². The van der Waals surface area contributed by atoms with E-state index in [-0.39, 0.29) is 0 Å². The van der Waals surface area contributed by atoms with Crippen molar-refractivity contribution in [2.45, 2.75) is 26.4 Å². The van der Waals surface area contributed by atoms with E-state index in [1.165, 1.54) is 5.56 Å². The minimum absolute atomic E-state index is 0.931. The standard InChI is InChI=1S/C15H22N6/c1-2-21-13-14(10-18-21)12-19-6-3-7-20(9-8-19)15-11-16-4-5-17-15/h4-5,10-11,13H,2-3,6-9,12H2,1H3. The summed E-state index contributed by atoms with van der Waals surface area (Å²) < 4.78 is 1.99. The fraction of sp³-hybridized carbons (Fsp3) is 0.533. The molecule has 6 heteroatoms. The van der Waals surface area contributed by atoms with Crippen LogP contribution in [0.5, 0.6) is 0 Å². The van der Waals surface area contributed by atoms with E-state index in [1.54, 1.807) is 12.4 Å². The number of aromatic nitrogens is 4. The Balaban J connectivity index is 1.58. The van der Waals surface area contributed by atoms with Gasteiger partial charge in [-0.15, -0.1) is 0 Å². The van der Waals surface area contributed by atoms with Crippen LogP contribution < -0.4 is 4.90 Å². The van der Waals surface area contributed by atoms with E-state index in [0.717, 1.165) is 51.5 Å². The molecule has 21 heavy (non-hydrogen) atoms. The van der Waals surface area contributed by atoms with E-state index in [0.29, 0.717) is 0 Å². The quantitative estimate of drug-likeness (QED) is 0.850. The zero-order valence-corrected chi connectivity index (χ0v) is 12.5. The highest BCUT2D eigenvalue weighted by Gasteiger charge is 2.16. The predicted octanol–water partition coefficient (Wildman–Crippen LogP) is 1.41. The van der Waals surface area contributed by atoms with Gasteiger partial charge < -0.3 is 4.90 Å². The third kappa shape index (κ3) is 3.58. The molecular formula is C15H22N6. The first-order valence-electron chi connectivity index (χ1n) is 7.60. The van der Waals surface area contributed by atoms with Crippen LogP contribution in [-0.2, 0) is 13.1 Å². The highest BCUT2D eigenvalue weighted by atomic mass is 15.3. The molecule has 112 valence electrons. The molecule has 0 aromatic carbocycles. The van der Waals surface area contributed by atoms with Crippen LogP contribution in [0.3, 0.4) is 0 Å². The summed E-state index contributed by atoms with van der Waals surface area (Å²) in [6.45, 7) is 8.24. The minimum atomic E-state index is 0.931. The summed E-state index contributed by atoms with van der Waals surface area (Å²) in [5.41, 5.74) is 1.30. The smallest absolute Gasteiger partial charge is 0.147 e. The molecule has 0 aliphatic carbocycles. The monoisotopic (exact) mass is 286 g/mol. The summed E-state index contributed by atoms with van der Waals surface area (Å²) in [6, 6.07) is 0. The maximum Gasteiger partial charge on any atom is 0.147 e. The van der Waals surface area contributed by atoms with E-state index in [1.807, 2.05) is 17.1 Å². The average molecular weight is 286 g/mol. The maximum absolute atomic E-state index is 4.40. The van der Waals surface area contributed by atoms with Gasteiger partial charge >= 0.3 is 0 Å². The zero-order chi connectivity index (χ0) is 14.5. The highest BCUT2D eigenvalue weighted by molar-refractivity contribution is 5.35. The number of rotatable bonds is 4. The van der Waals surface area contributed by atoms with E-state index >= 15 is 0 Å². The van der Waals surface area contributed by atoms with Crippen molar-refractivity contribution in [2.24, 2.45) is 0 Å². The summed E-state index contributed by atoms with van der Waals surface area (Å²) in [7, 11) is 0. The summed E-state index contributed by atoms with van der Waals surface area (Å²) in [6.07, 6.45) is 10.6. The lowest BCUT2D eigenvalue weighted by Gasteiger charge is -2.22. The fourth-order valence-electron chi connectivity index (χ4n) is 2.73. The number of aryl methyl sites for hydroxylation is 1. The molecule has 0 saturated carbocycles. The van der Waals surface area contributed by atoms with Gasteiger partial charge in [0, 0.05) is 63.4 Å². The third-order valence-electron chi connectivity index (χ3n) is 3.88. The molecule has 1 aliphatic rings. The van der Waals surface area contributed by atoms with Crippen molar-refractivity contribution in [2.75, 3.05) is 31.1 Å². The minimum Gasteiger partial charge on any atom is -0.354 e. The van der Waals surface area contributed by atoms with Gasteiger partial charge in [0.15, 0.2) is 0 Å². The predicted molar refractivity (Wildman–Crippen MR) is 82.0 cm³/mol. The first-order valence-corrected chi connectivity index (χ1v) is 7.60. The topological polar surface area (TPSA) is 50.1 Å². The molecule has 0 spiro atoms. The van der Waals surface area contributed by atoms with Crippen molar-refractivity contribution in [3.05, 3.63) is 36.5 Å². The number of nitrogens with zero attached hydrogens (tertiary/aromatic N) is 6. The molecule has 0 radical (unpaired) electrons. The second-order valence-corrected chi connectivity index (χ2v) is 5.38. The van der Waals surface area contributed by atoms with Crippen LogP contribution in [0.25, 0.3) is 0 Å². The van der Waals surface area contributed by atoms with Crippen LogP contribution in [0.15, 0.2) is 31.0 Å². The van der Waals surface area contributed by atoms with E-state index in [9.17, 15) is 0 Å². The second-order valence-electron chi connectivity index (χ2n) is 5.38. The van der Waals surface area contributed by atoms with Crippen molar-refractivity contribution in [1.29, 1.82) is 0 Å². The molecule has 1 saturated heterocycles. The molecule has 0 amide bonds. The van der Waals surface area contributed by atoms with Gasteiger partial charge in [-0.3, -0.25) is 14.6 Å². The van der Waals surface area contributed by atoms with Crippen LogP contribution in [0, 0.1) is 0 Å². The molecular weight excluding hydrogens is 264 g/mol. The van der Waals surface area contributed by atoms with Gasteiger partial charge in [0.1, 0.15) is 5.82 Å². The molecule has 0 unspecified atom stereocenters. The number of hydrogen-bond donors (Lipinski definition) is 0. The van der Waals surface area contributed by atoms with Crippen molar-refractivity contribution in [3.8, 4) is 0 Å². The van der Waals surface area contributed by atoms with Gasteiger partial charge in [-0.25, -0.2) is 4.98 Å². The summed E-state index contributed by atoms with van der Waals surface area (Å²) in [4.78, 5) is 13.4. The Morgan fingerprint density at radius 1 is 1.10 bits per heavy atom. The average Bonchev–Trinajstić information content (AvgIpc) is 2.85.